The Kier molecular flexibility index (Phi) is 3.82. The molecule has 1 saturated heterocycles. The summed E-state index contributed by atoms with van der Waals surface area (Å²) in [5, 5.41) is 4.05. The summed E-state index contributed by atoms with van der Waals surface area (Å²) >= 11 is 0. The van der Waals surface area contributed by atoms with E-state index in [0.717, 1.165) is 4.68 Å². The van der Waals surface area contributed by atoms with Crippen LogP contribution < -0.4 is 11.4 Å². The predicted octanol–water partition coefficient (Wildman–Crippen LogP) is -1.20. The highest BCUT2D eigenvalue weighted by atomic mass is 16.5. The molecule has 112 valence electrons. The van der Waals surface area contributed by atoms with E-state index in [-0.39, 0.29) is 18.6 Å². The van der Waals surface area contributed by atoms with Crippen LogP contribution in [0.15, 0.2) is 29.2 Å². The SMILES string of the molecule is NCC1CN(CC(=O)n2nc3ccccn3c2=O)CCO1. The maximum atomic E-state index is 12.3. The van der Waals surface area contributed by atoms with Crippen molar-refractivity contribution in [3.63, 3.8) is 0 Å². The lowest BCUT2D eigenvalue weighted by molar-refractivity contribution is -0.0216. The van der Waals surface area contributed by atoms with Gasteiger partial charge in [0.25, 0.3) is 5.91 Å². The second kappa shape index (κ2) is 5.76. The summed E-state index contributed by atoms with van der Waals surface area (Å²) in [7, 11) is 0. The zero-order valence-corrected chi connectivity index (χ0v) is 11.5. The summed E-state index contributed by atoms with van der Waals surface area (Å²) in [5.41, 5.74) is 5.59. The predicted molar refractivity (Wildman–Crippen MR) is 75.3 cm³/mol. The molecule has 3 rings (SSSR count). The summed E-state index contributed by atoms with van der Waals surface area (Å²) in [6.45, 7) is 2.31. The van der Waals surface area contributed by atoms with Gasteiger partial charge in [0.05, 0.1) is 19.3 Å². The highest BCUT2D eigenvalue weighted by Gasteiger charge is 2.23. The molecule has 21 heavy (non-hydrogen) atoms. The monoisotopic (exact) mass is 291 g/mol. The van der Waals surface area contributed by atoms with Gasteiger partial charge < -0.3 is 10.5 Å². The first-order valence-corrected chi connectivity index (χ1v) is 6.82. The molecule has 1 aliphatic rings. The Balaban J connectivity index is 1.78. The number of morpholine rings is 1. The van der Waals surface area contributed by atoms with Crippen molar-refractivity contribution in [1.82, 2.24) is 19.1 Å². The number of hydrogen-bond acceptors (Lipinski definition) is 6. The highest BCUT2D eigenvalue weighted by Crippen LogP contribution is 2.04. The van der Waals surface area contributed by atoms with Crippen molar-refractivity contribution in [3.05, 3.63) is 34.9 Å². The van der Waals surface area contributed by atoms with E-state index in [1.54, 1.807) is 24.4 Å². The van der Waals surface area contributed by atoms with E-state index in [2.05, 4.69) is 5.10 Å². The number of carbonyl (C=O) groups excluding carboxylic acids is 1. The number of nitrogens with zero attached hydrogens (tertiary/aromatic N) is 4. The van der Waals surface area contributed by atoms with Gasteiger partial charge in [-0.2, -0.15) is 0 Å². The number of hydrogen-bond donors (Lipinski definition) is 1. The normalized spacial score (nSPS) is 20.0. The molecule has 2 aromatic rings. The van der Waals surface area contributed by atoms with Gasteiger partial charge >= 0.3 is 5.69 Å². The Labute approximate surface area is 120 Å². The van der Waals surface area contributed by atoms with Crippen LogP contribution in [0.25, 0.3) is 5.65 Å². The van der Waals surface area contributed by atoms with Crippen LogP contribution in [0.2, 0.25) is 0 Å². The Bertz CT molecular complexity index is 707. The molecule has 1 aliphatic heterocycles. The second-order valence-electron chi connectivity index (χ2n) is 4.98. The molecule has 0 radical (unpaired) electrons. The van der Waals surface area contributed by atoms with Crippen LogP contribution in [0.5, 0.6) is 0 Å². The molecule has 8 nitrogen and oxygen atoms in total. The topological polar surface area (TPSA) is 94.9 Å². The lowest BCUT2D eigenvalue weighted by Gasteiger charge is -2.31. The lowest BCUT2D eigenvalue weighted by Crippen LogP contribution is -2.48. The van der Waals surface area contributed by atoms with Crippen molar-refractivity contribution in [2.45, 2.75) is 6.10 Å². The summed E-state index contributed by atoms with van der Waals surface area (Å²) in [6, 6.07) is 5.17. The van der Waals surface area contributed by atoms with Crippen LogP contribution in [-0.2, 0) is 4.74 Å². The van der Waals surface area contributed by atoms with Gasteiger partial charge in [-0.3, -0.25) is 9.69 Å². The Hall–Kier alpha value is -2.03. The number of ether oxygens (including phenoxy) is 1. The fraction of sp³-hybridized carbons (Fsp3) is 0.462. The molecule has 0 aromatic carbocycles. The van der Waals surface area contributed by atoms with Crippen LogP contribution in [0.1, 0.15) is 4.79 Å². The first kappa shape index (κ1) is 13.9. The fourth-order valence-corrected chi connectivity index (χ4v) is 2.41. The van der Waals surface area contributed by atoms with Gasteiger partial charge in [0.1, 0.15) is 0 Å². The molecule has 1 unspecified atom stereocenters. The van der Waals surface area contributed by atoms with Crippen LogP contribution in [0, 0.1) is 0 Å². The van der Waals surface area contributed by atoms with E-state index >= 15 is 0 Å². The molecule has 0 bridgehead atoms. The third kappa shape index (κ3) is 2.73. The van der Waals surface area contributed by atoms with Crippen LogP contribution in [0.4, 0.5) is 0 Å². The van der Waals surface area contributed by atoms with Gasteiger partial charge in [-0.1, -0.05) is 6.07 Å². The molecule has 1 fully saturated rings. The van der Waals surface area contributed by atoms with E-state index < -0.39 is 5.69 Å². The van der Waals surface area contributed by atoms with Gasteiger partial charge in [0.2, 0.25) is 0 Å². The maximum Gasteiger partial charge on any atom is 0.357 e. The lowest BCUT2D eigenvalue weighted by atomic mass is 10.2. The van der Waals surface area contributed by atoms with Crippen molar-refractivity contribution in [2.24, 2.45) is 5.73 Å². The minimum absolute atomic E-state index is 0.0654. The third-order valence-electron chi connectivity index (χ3n) is 3.51. The largest absolute Gasteiger partial charge is 0.374 e. The maximum absolute atomic E-state index is 12.3. The van der Waals surface area contributed by atoms with Gasteiger partial charge in [0, 0.05) is 25.8 Å². The molecule has 8 heteroatoms. The molecule has 2 N–H and O–H groups in total. The molecule has 2 aromatic heterocycles. The van der Waals surface area contributed by atoms with Crippen molar-refractivity contribution in [1.29, 1.82) is 0 Å². The van der Waals surface area contributed by atoms with Crippen LogP contribution in [-0.4, -0.2) is 63.9 Å². The molecular formula is C13H17N5O3. The zero-order valence-electron chi connectivity index (χ0n) is 11.5. The molecule has 0 saturated carbocycles. The molecular weight excluding hydrogens is 274 g/mol. The number of pyridine rings is 1. The minimum Gasteiger partial charge on any atom is -0.374 e. The van der Waals surface area contributed by atoms with Crippen LogP contribution in [0.3, 0.4) is 0 Å². The van der Waals surface area contributed by atoms with E-state index in [1.165, 1.54) is 4.40 Å². The minimum atomic E-state index is -0.445. The first-order chi connectivity index (χ1) is 10.2. The number of aromatic nitrogens is 3. The Morgan fingerprint density at radius 3 is 3.10 bits per heavy atom. The molecule has 3 heterocycles. The molecule has 1 atom stereocenters. The molecule has 0 spiro atoms. The standard InChI is InChI=1S/C13H17N5O3/c14-7-10-8-16(5-6-21-10)9-12(19)18-13(20)17-4-2-1-3-11(17)15-18/h1-4,10H,5-9,14H2. The van der Waals surface area contributed by atoms with Crippen molar-refractivity contribution >= 4 is 11.6 Å². The van der Waals surface area contributed by atoms with E-state index in [9.17, 15) is 9.59 Å². The average Bonchev–Trinajstić information content (AvgIpc) is 2.85. The fourth-order valence-electron chi connectivity index (χ4n) is 2.41. The van der Waals surface area contributed by atoms with E-state index in [4.69, 9.17) is 10.5 Å². The Morgan fingerprint density at radius 2 is 2.33 bits per heavy atom. The zero-order chi connectivity index (χ0) is 14.8. The highest BCUT2D eigenvalue weighted by molar-refractivity contribution is 5.80. The van der Waals surface area contributed by atoms with E-state index in [0.29, 0.717) is 31.9 Å². The molecule has 0 amide bonds. The second-order valence-corrected chi connectivity index (χ2v) is 4.98. The van der Waals surface area contributed by atoms with Crippen molar-refractivity contribution in [2.75, 3.05) is 32.8 Å². The number of nitrogens with two attached hydrogens (primary N) is 1. The van der Waals surface area contributed by atoms with Gasteiger partial charge in [-0.25, -0.2) is 9.20 Å². The first-order valence-electron chi connectivity index (χ1n) is 6.82. The van der Waals surface area contributed by atoms with Crippen molar-refractivity contribution in [3.8, 4) is 0 Å². The number of fused-ring (bicyclic) bond motifs is 1. The van der Waals surface area contributed by atoms with E-state index in [1.807, 2.05) is 4.90 Å². The smallest absolute Gasteiger partial charge is 0.357 e. The quantitative estimate of drug-likeness (QED) is 0.763. The van der Waals surface area contributed by atoms with Crippen LogP contribution >= 0.6 is 0 Å². The van der Waals surface area contributed by atoms with Gasteiger partial charge in [-0.15, -0.1) is 9.78 Å². The molecule has 0 aliphatic carbocycles. The average molecular weight is 291 g/mol. The summed E-state index contributed by atoms with van der Waals surface area (Å²) < 4.78 is 7.72. The summed E-state index contributed by atoms with van der Waals surface area (Å²) in [6.07, 6.45) is 1.53. The summed E-state index contributed by atoms with van der Waals surface area (Å²) in [5.74, 6) is -0.346. The van der Waals surface area contributed by atoms with Crippen molar-refractivity contribution < 1.29 is 9.53 Å². The third-order valence-corrected chi connectivity index (χ3v) is 3.51. The number of carbonyl (C=O) groups is 1. The number of rotatable bonds is 3. The van der Waals surface area contributed by atoms with Gasteiger partial charge in [-0.05, 0) is 12.1 Å². The Morgan fingerprint density at radius 1 is 1.48 bits per heavy atom. The van der Waals surface area contributed by atoms with Gasteiger partial charge in [0.15, 0.2) is 5.65 Å². The summed E-state index contributed by atoms with van der Waals surface area (Å²) in [4.78, 5) is 26.3.